The second-order valence-corrected chi connectivity index (χ2v) is 12.2. The SMILES string of the molecule is C=C1CCC2[C@]3(C)COC(C4CCCC4)O[C@@H]3CC[C@@]2(C)[C@@H]1CCN1CCC[C@H]1C(=O)OC. The lowest BCUT2D eigenvalue weighted by Crippen LogP contribution is -2.62. The van der Waals surface area contributed by atoms with E-state index in [0.29, 0.717) is 23.9 Å². The van der Waals surface area contributed by atoms with Crippen LogP contribution in [0.5, 0.6) is 0 Å². The fourth-order valence-electron chi connectivity index (χ4n) is 8.65. The van der Waals surface area contributed by atoms with Crippen molar-refractivity contribution >= 4 is 5.97 Å². The summed E-state index contributed by atoms with van der Waals surface area (Å²) in [5.74, 6) is 1.63. The van der Waals surface area contributed by atoms with E-state index >= 15 is 0 Å². The van der Waals surface area contributed by atoms with Gasteiger partial charge in [-0.1, -0.05) is 38.8 Å². The molecule has 2 unspecified atom stereocenters. The smallest absolute Gasteiger partial charge is 0.323 e. The molecule has 3 aliphatic carbocycles. The first-order valence-electron chi connectivity index (χ1n) is 13.6. The predicted molar refractivity (Wildman–Crippen MR) is 129 cm³/mol. The minimum absolute atomic E-state index is 0.0229. The lowest BCUT2D eigenvalue weighted by Gasteiger charge is -2.63. The Morgan fingerprint density at radius 1 is 1.12 bits per heavy atom. The van der Waals surface area contributed by atoms with Crippen LogP contribution >= 0.6 is 0 Å². The zero-order valence-corrected chi connectivity index (χ0v) is 21.2. The van der Waals surface area contributed by atoms with Gasteiger partial charge in [0.05, 0.1) is 19.8 Å². The molecule has 0 aromatic carbocycles. The van der Waals surface area contributed by atoms with Gasteiger partial charge in [0.15, 0.2) is 6.29 Å². The maximum atomic E-state index is 12.2. The minimum atomic E-state index is -0.0691. The molecule has 0 N–H and O–H groups in total. The molecule has 5 aliphatic rings. The Bertz CT molecular complexity index is 748. The molecule has 2 heterocycles. The topological polar surface area (TPSA) is 48.0 Å². The lowest BCUT2D eigenvalue weighted by atomic mass is 9.46. The van der Waals surface area contributed by atoms with Crippen molar-refractivity contribution in [2.45, 2.75) is 103 Å². The standard InChI is InChI=1S/C28H45NO4/c1-19-11-12-23-27(2,21(19)14-17-29-16-7-10-22(29)25(30)31-4)15-13-24-28(23,3)18-32-26(33-24)20-8-5-6-9-20/h20-24,26H,1,5-18H2,2-4H3/t21-,22+,23?,24-,26?,27+,28+/m1/s1. The minimum Gasteiger partial charge on any atom is -0.468 e. The highest BCUT2D eigenvalue weighted by atomic mass is 16.7. The van der Waals surface area contributed by atoms with Crippen LogP contribution in [-0.4, -0.2) is 56.1 Å². The second kappa shape index (κ2) is 9.28. The van der Waals surface area contributed by atoms with Crippen LogP contribution < -0.4 is 0 Å². The zero-order chi connectivity index (χ0) is 23.2. The maximum absolute atomic E-state index is 12.2. The quantitative estimate of drug-likeness (QED) is 0.411. The number of fused-ring (bicyclic) bond motifs is 3. The van der Waals surface area contributed by atoms with Crippen molar-refractivity contribution in [1.82, 2.24) is 4.90 Å². The number of allylic oxidation sites excluding steroid dienone is 1. The molecular formula is C28H45NO4. The normalized spacial score (nSPS) is 44.5. The van der Waals surface area contributed by atoms with E-state index in [1.807, 2.05) is 0 Å². The van der Waals surface area contributed by atoms with Crippen molar-refractivity contribution in [3.05, 3.63) is 12.2 Å². The summed E-state index contributed by atoms with van der Waals surface area (Å²) in [5, 5.41) is 0. The predicted octanol–water partition coefficient (Wildman–Crippen LogP) is 5.33. The van der Waals surface area contributed by atoms with Gasteiger partial charge in [0.1, 0.15) is 6.04 Å². The van der Waals surface area contributed by atoms with E-state index in [1.54, 1.807) is 0 Å². The molecule has 5 heteroatoms. The van der Waals surface area contributed by atoms with Crippen LogP contribution in [0.1, 0.15) is 84.5 Å². The number of ether oxygens (including phenoxy) is 3. The second-order valence-electron chi connectivity index (χ2n) is 12.2. The Morgan fingerprint density at radius 3 is 2.67 bits per heavy atom. The zero-order valence-electron chi connectivity index (χ0n) is 21.2. The third kappa shape index (κ3) is 4.10. The van der Waals surface area contributed by atoms with E-state index in [2.05, 4.69) is 25.3 Å². The Hall–Kier alpha value is -0.910. The summed E-state index contributed by atoms with van der Waals surface area (Å²) in [7, 11) is 1.51. The number of hydrogen-bond donors (Lipinski definition) is 0. The van der Waals surface area contributed by atoms with Gasteiger partial charge in [0.25, 0.3) is 0 Å². The third-order valence-electron chi connectivity index (χ3n) is 10.5. The summed E-state index contributed by atoms with van der Waals surface area (Å²) in [4.78, 5) is 14.6. The summed E-state index contributed by atoms with van der Waals surface area (Å²) in [6, 6.07) is -0.0589. The molecule has 0 aromatic heterocycles. The number of rotatable bonds is 5. The van der Waals surface area contributed by atoms with Crippen LogP contribution in [0.2, 0.25) is 0 Å². The van der Waals surface area contributed by atoms with Gasteiger partial charge in [0.2, 0.25) is 0 Å². The number of nitrogens with zero attached hydrogens (tertiary/aromatic N) is 1. The molecule has 2 saturated heterocycles. The van der Waals surface area contributed by atoms with E-state index in [0.717, 1.165) is 51.8 Å². The molecule has 0 amide bonds. The molecule has 5 fully saturated rings. The van der Waals surface area contributed by atoms with E-state index in [1.165, 1.54) is 51.2 Å². The number of hydrogen-bond acceptors (Lipinski definition) is 5. The molecule has 186 valence electrons. The Morgan fingerprint density at radius 2 is 1.91 bits per heavy atom. The van der Waals surface area contributed by atoms with Crippen LogP contribution in [0.3, 0.4) is 0 Å². The summed E-state index contributed by atoms with van der Waals surface area (Å²) in [5.41, 5.74) is 1.74. The van der Waals surface area contributed by atoms with Crippen LogP contribution in [-0.2, 0) is 19.0 Å². The third-order valence-corrected chi connectivity index (χ3v) is 10.5. The van der Waals surface area contributed by atoms with Crippen LogP contribution in [0, 0.1) is 28.6 Å². The van der Waals surface area contributed by atoms with Gasteiger partial charge in [-0.2, -0.15) is 0 Å². The van der Waals surface area contributed by atoms with Gasteiger partial charge in [-0.25, -0.2) is 0 Å². The molecule has 5 rings (SSSR count). The van der Waals surface area contributed by atoms with E-state index < -0.39 is 0 Å². The van der Waals surface area contributed by atoms with Gasteiger partial charge in [-0.05, 0) is 88.1 Å². The van der Waals surface area contributed by atoms with Gasteiger partial charge in [-0.3, -0.25) is 9.69 Å². The highest BCUT2D eigenvalue weighted by Gasteiger charge is 2.60. The van der Waals surface area contributed by atoms with Crippen molar-refractivity contribution in [1.29, 1.82) is 0 Å². The van der Waals surface area contributed by atoms with Crippen molar-refractivity contribution in [2.24, 2.45) is 28.6 Å². The van der Waals surface area contributed by atoms with Gasteiger partial charge < -0.3 is 14.2 Å². The van der Waals surface area contributed by atoms with E-state index in [4.69, 9.17) is 14.2 Å². The Kier molecular flexibility index (Phi) is 6.69. The van der Waals surface area contributed by atoms with Crippen LogP contribution in [0.25, 0.3) is 0 Å². The molecule has 2 aliphatic heterocycles. The molecule has 0 bridgehead atoms. The lowest BCUT2D eigenvalue weighted by molar-refractivity contribution is -0.316. The Labute approximate surface area is 200 Å². The molecular weight excluding hydrogens is 414 g/mol. The average molecular weight is 460 g/mol. The summed E-state index contributed by atoms with van der Waals surface area (Å²) in [6.45, 7) is 12.3. The molecule has 0 aromatic rings. The molecule has 0 radical (unpaired) electrons. The first-order valence-corrected chi connectivity index (χ1v) is 13.6. The summed E-state index contributed by atoms with van der Waals surface area (Å²) >= 11 is 0. The van der Waals surface area contributed by atoms with Gasteiger partial charge >= 0.3 is 5.97 Å². The number of carbonyl (C=O) groups is 1. The monoisotopic (exact) mass is 459 g/mol. The van der Waals surface area contributed by atoms with Crippen LogP contribution in [0.15, 0.2) is 12.2 Å². The number of likely N-dealkylation sites (tertiary alicyclic amines) is 1. The molecule has 3 saturated carbocycles. The first kappa shape index (κ1) is 23.8. The molecule has 0 spiro atoms. The number of methoxy groups -OCH3 is 1. The van der Waals surface area contributed by atoms with Crippen molar-refractivity contribution in [3.8, 4) is 0 Å². The Balaban J connectivity index is 1.29. The fraction of sp³-hybridized carbons (Fsp3) is 0.893. The molecule has 5 nitrogen and oxygen atoms in total. The van der Waals surface area contributed by atoms with Crippen LogP contribution in [0.4, 0.5) is 0 Å². The number of esters is 1. The van der Waals surface area contributed by atoms with Gasteiger partial charge in [0, 0.05) is 11.3 Å². The summed E-state index contributed by atoms with van der Waals surface area (Å²) in [6.07, 6.45) is 13.3. The highest BCUT2D eigenvalue weighted by Crippen LogP contribution is 2.63. The maximum Gasteiger partial charge on any atom is 0.323 e. The molecule has 33 heavy (non-hydrogen) atoms. The first-order chi connectivity index (χ1) is 15.9. The fourth-order valence-corrected chi connectivity index (χ4v) is 8.65. The van der Waals surface area contributed by atoms with Gasteiger partial charge in [-0.15, -0.1) is 0 Å². The van der Waals surface area contributed by atoms with E-state index in [9.17, 15) is 4.79 Å². The number of carbonyl (C=O) groups excluding carboxylic acids is 1. The van der Waals surface area contributed by atoms with Crippen molar-refractivity contribution in [2.75, 3.05) is 26.8 Å². The average Bonchev–Trinajstić information content (AvgIpc) is 3.50. The van der Waals surface area contributed by atoms with E-state index in [-0.39, 0.29) is 29.1 Å². The molecule has 7 atom stereocenters. The summed E-state index contributed by atoms with van der Waals surface area (Å²) < 4.78 is 18.3. The van der Waals surface area contributed by atoms with Crippen molar-refractivity contribution < 1.29 is 19.0 Å². The van der Waals surface area contributed by atoms with Crippen molar-refractivity contribution in [3.63, 3.8) is 0 Å². The highest BCUT2D eigenvalue weighted by molar-refractivity contribution is 5.75. The largest absolute Gasteiger partial charge is 0.468 e.